The van der Waals surface area contributed by atoms with Crippen LogP contribution < -0.4 is 4.74 Å². The number of hydrogen-bond donors (Lipinski definition) is 1. The van der Waals surface area contributed by atoms with Crippen LogP contribution in [0.4, 0.5) is 0 Å². The van der Waals surface area contributed by atoms with E-state index in [0.29, 0.717) is 0 Å². The van der Waals surface area contributed by atoms with Gasteiger partial charge in [-0.05, 0) is 29.8 Å². The van der Waals surface area contributed by atoms with E-state index in [9.17, 15) is 4.79 Å². The molecule has 0 saturated carbocycles. The zero-order valence-corrected chi connectivity index (χ0v) is 10.1. The van der Waals surface area contributed by atoms with Crippen molar-refractivity contribution < 1.29 is 14.6 Å². The highest BCUT2D eigenvalue weighted by Gasteiger charge is 2.14. The van der Waals surface area contributed by atoms with Gasteiger partial charge in [0.2, 0.25) is 0 Å². The van der Waals surface area contributed by atoms with Crippen molar-refractivity contribution in [1.82, 2.24) is 4.98 Å². The first-order valence-electron chi connectivity index (χ1n) is 5.22. The Bertz CT molecular complexity index is 557. The van der Waals surface area contributed by atoms with Crippen LogP contribution in [-0.4, -0.2) is 16.1 Å². The first-order valence-corrected chi connectivity index (χ1v) is 5.60. The number of aromatic carboxylic acids is 1. The third-order valence-electron chi connectivity index (χ3n) is 2.33. The van der Waals surface area contributed by atoms with Crippen molar-refractivity contribution in [3.63, 3.8) is 0 Å². The van der Waals surface area contributed by atoms with E-state index in [1.807, 2.05) is 0 Å². The highest BCUT2D eigenvalue weighted by atomic mass is 35.5. The summed E-state index contributed by atoms with van der Waals surface area (Å²) in [7, 11) is 0. The molecule has 0 fully saturated rings. The number of pyridine rings is 1. The zero-order valence-electron chi connectivity index (χ0n) is 9.34. The molecular weight excluding hydrogens is 254 g/mol. The van der Waals surface area contributed by atoms with Crippen molar-refractivity contribution in [3.05, 3.63) is 58.9 Å². The molecule has 0 saturated heterocycles. The summed E-state index contributed by atoms with van der Waals surface area (Å²) >= 11 is 5.94. The zero-order chi connectivity index (χ0) is 13.0. The number of carbonyl (C=O) groups is 1. The number of aromatic nitrogens is 1. The molecule has 18 heavy (non-hydrogen) atoms. The van der Waals surface area contributed by atoms with Crippen molar-refractivity contribution in [2.24, 2.45) is 0 Å². The molecule has 0 unspecified atom stereocenters. The molecule has 92 valence electrons. The van der Waals surface area contributed by atoms with Crippen LogP contribution in [0.2, 0.25) is 5.02 Å². The van der Waals surface area contributed by atoms with Gasteiger partial charge in [0.25, 0.3) is 0 Å². The van der Waals surface area contributed by atoms with E-state index >= 15 is 0 Å². The molecule has 0 aliphatic heterocycles. The van der Waals surface area contributed by atoms with Gasteiger partial charge in [0.05, 0.1) is 5.02 Å². The minimum Gasteiger partial charge on any atom is -0.486 e. The fourth-order valence-corrected chi connectivity index (χ4v) is 1.69. The normalized spacial score (nSPS) is 10.1. The van der Waals surface area contributed by atoms with Crippen LogP contribution in [0.15, 0.2) is 42.7 Å². The fourth-order valence-electron chi connectivity index (χ4n) is 1.46. The third-order valence-corrected chi connectivity index (χ3v) is 2.63. The topological polar surface area (TPSA) is 59.4 Å². The smallest absolute Gasteiger partial charge is 0.339 e. The summed E-state index contributed by atoms with van der Waals surface area (Å²) in [6.07, 6.45) is 3.28. The van der Waals surface area contributed by atoms with Crippen LogP contribution in [0.5, 0.6) is 5.75 Å². The molecule has 0 aliphatic rings. The maximum Gasteiger partial charge on any atom is 0.339 e. The predicted octanol–water partition coefficient (Wildman–Crippen LogP) is 3.01. The minimum atomic E-state index is -1.07. The number of para-hydroxylation sites is 1. The van der Waals surface area contributed by atoms with E-state index in [4.69, 9.17) is 21.4 Å². The highest BCUT2D eigenvalue weighted by molar-refractivity contribution is 6.32. The van der Waals surface area contributed by atoms with E-state index in [-0.39, 0.29) is 22.9 Å². The lowest BCUT2D eigenvalue weighted by Gasteiger charge is -2.10. The second-order valence-electron chi connectivity index (χ2n) is 3.57. The average Bonchev–Trinajstić information content (AvgIpc) is 2.38. The Morgan fingerprint density at radius 1 is 1.28 bits per heavy atom. The van der Waals surface area contributed by atoms with Gasteiger partial charge in [-0.1, -0.05) is 17.7 Å². The van der Waals surface area contributed by atoms with Crippen LogP contribution in [0.1, 0.15) is 15.9 Å². The van der Waals surface area contributed by atoms with Crippen LogP contribution in [-0.2, 0) is 6.61 Å². The number of carboxylic acids is 1. The lowest BCUT2D eigenvalue weighted by atomic mass is 10.2. The van der Waals surface area contributed by atoms with Gasteiger partial charge in [0.15, 0.2) is 5.75 Å². The number of benzene rings is 1. The summed E-state index contributed by atoms with van der Waals surface area (Å²) in [5.41, 5.74) is 0.942. The summed E-state index contributed by atoms with van der Waals surface area (Å²) in [5.74, 6) is -0.884. The minimum absolute atomic E-state index is 0.0524. The molecule has 0 aliphatic carbocycles. The van der Waals surface area contributed by atoms with Gasteiger partial charge in [-0.15, -0.1) is 0 Å². The van der Waals surface area contributed by atoms with Crippen LogP contribution in [0.25, 0.3) is 0 Å². The summed E-state index contributed by atoms with van der Waals surface area (Å²) in [5, 5.41) is 9.32. The van der Waals surface area contributed by atoms with E-state index in [1.54, 1.807) is 36.7 Å². The quantitative estimate of drug-likeness (QED) is 0.921. The number of rotatable bonds is 4. The molecule has 1 heterocycles. The molecule has 0 radical (unpaired) electrons. The van der Waals surface area contributed by atoms with Gasteiger partial charge in [0, 0.05) is 12.4 Å². The van der Waals surface area contributed by atoms with Crippen molar-refractivity contribution in [2.45, 2.75) is 6.61 Å². The van der Waals surface area contributed by atoms with Crippen LogP contribution in [0, 0.1) is 0 Å². The molecule has 2 rings (SSSR count). The summed E-state index contributed by atoms with van der Waals surface area (Å²) in [6, 6.07) is 8.20. The molecule has 0 atom stereocenters. The van der Waals surface area contributed by atoms with Crippen LogP contribution >= 0.6 is 11.6 Å². The first kappa shape index (κ1) is 12.4. The number of hydrogen-bond acceptors (Lipinski definition) is 3. The Morgan fingerprint density at radius 2 is 2.00 bits per heavy atom. The number of ether oxygens (including phenoxy) is 1. The SMILES string of the molecule is O=C(O)c1cccc(Cl)c1OCc1ccncc1. The maximum absolute atomic E-state index is 11.0. The molecule has 1 aromatic carbocycles. The second kappa shape index (κ2) is 5.51. The van der Waals surface area contributed by atoms with Gasteiger partial charge in [-0.25, -0.2) is 4.79 Å². The lowest BCUT2D eigenvalue weighted by molar-refractivity contribution is 0.0692. The second-order valence-corrected chi connectivity index (χ2v) is 3.97. The van der Waals surface area contributed by atoms with Gasteiger partial charge in [-0.2, -0.15) is 0 Å². The molecule has 4 nitrogen and oxygen atoms in total. The maximum atomic E-state index is 11.0. The lowest BCUT2D eigenvalue weighted by Crippen LogP contribution is -2.04. The van der Waals surface area contributed by atoms with E-state index in [2.05, 4.69) is 4.98 Å². The Balaban J connectivity index is 2.21. The fraction of sp³-hybridized carbons (Fsp3) is 0.0769. The van der Waals surface area contributed by atoms with Crippen molar-refractivity contribution in [2.75, 3.05) is 0 Å². The van der Waals surface area contributed by atoms with E-state index < -0.39 is 5.97 Å². The molecule has 5 heteroatoms. The Kier molecular flexibility index (Phi) is 3.79. The number of halogens is 1. The molecule has 0 amide bonds. The average molecular weight is 264 g/mol. The van der Waals surface area contributed by atoms with E-state index in [0.717, 1.165) is 5.56 Å². The number of nitrogens with zero attached hydrogens (tertiary/aromatic N) is 1. The van der Waals surface area contributed by atoms with Crippen molar-refractivity contribution in [3.8, 4) is 5.75 Å². The Labute approximate surface area is 109 Å². The van der Waals surface area contributed by atoms with Gasteiger partial charge >= 0.3 is 5.97 Å². The van der Waals surface area contributed by atoms with E-state index in [1.165, 1.54) is 6.07 Å². The van der Waals surface area contributed by atoms with Gasteiger partial charge < -0.3 is 9.84 Å². The molecule has 2 aromatic rings. The summed E-state index contributed by atoms with van der Waals surface area (Å²) in [6.45, 7) is 0.243. The number of carboxylic acid groups (broad SMARTS) is 1. The molecule has 0 bridgehead atoms. The van der Waals surface area contributed by atoms with Gasteiger partial charge in [-0.3, -0.25) is 4.98 Å². The Hall–Kier alpha value is -2.07. The largest absolute Gasteiger partial charge is 0.486 e. The standard InChI is InChI=1S/C13H10ClNO3/c14-11-3-1-2-10(13(16)17)12(11)18-8-9-4-6-15-7-5-9/h1-7H,8H2,(H,16,17). The van der Waals surface area contributed by atoms with Crippen molar-refractivity contribution in [1.29, 1.82) is 0 Å². The summed E-state index contributed by atoms with van der Waals surface area (Å²) < 4.78 is 5.47. The first-order chi connectivity index (χ1) is 8.68. The van der Waals surface area contributed by atoms with Gasteiger partial charge in [0.1, 0.15) is 12.2 Å². The molecule has 0 spiro atoms. The third kappa shape index (κ3) is 2.78. The monoisotopic (exact) mass is 263 g/mol. The molecule has 1 aromatic heterocycles. The van der Waals surface area contributed by atoms with Crippen molar-refractivity contribution >= 4 is 17.6 Å². The summed E-state index contributed by atoms with van der Waals surface area (Å²) in [4.78, 5) is 14.9. The predicted molar refractivity (Wildman–Crippen MR) is 67.0 cm³/mol. The van der Waals surface area contributed by atoms with Crippen LogP contribution in [0.3, 0.4) is 0 Å². The Morgan fingerprint density at radius 3 is 2.67 bits per heavy atom. The highest BCUT2D eigenvalue weighted by Crippen LogP contribution is 2.29. The molecule has 1 N–H and O–H groups in total. The molecular formula is C13H10ClNO3.